The summed E-state index contributed by atoms with van der Waals surface area (Å²) in [6, 6.07) is 0.270. The van der Waals surface area contributed by atoms with Gasteiger partial charge in [0.15, 0.2) is 0 Å². The number of piperazine rings is 1. The van der Waals surface area contributed by atoms with Gasteiger partial charge in [-0.1, -0.05) is 0 Å². The molecule has 6 nitrogen and oxygen atoms in total. The van der Waals surface area contributed by atoms with Gasteiger partial charge in [0, 0.05) is 51.9 Å². The summed E-state index contributed by atoms with van der Waals surface area (Å²) >= 11 is 0. The first-order valence-corrected chi connectivity index (χ1v) is 6.90. The van der Waals surface area contributed by atoms with Crippen molar-refractivity contribution in [3.8, 4) is 0 Å². The van der Waals surface area contributed by atoms with Crippen molar-refractivity contribution >= 4 is 6.03 Å². The monoisotopic (exact) mass is 255 g/mol. The number of hydrogen-bond acceptors (Lipinski definition) is 4. The predicted octanol–water partition coefficient (Wildman–Crippen LogP) is -1.11. The summed E-state index contributed by atoms with van der Waals surface area (Å²) in [4.78, 5) is 16.4. The molecular weight excluding hydrogens is 230 g/mol. The molecule has 0 aromatic rings. The topological polar surface area (TPSA) is 59.6 Å². The first kappa shape index (κ1) is 13.6. The Morgan fingerprint density at radius 2 is 2.11 bits per heavy atom. The van der Waals surface area contributed by atoms with Gasteiger partial charge in [-0.2, -0.15) is 0 Å². The molecule has 2 aliphatic heterocycles. The number of carbonyl (C=O) groups is 1. The van der Waals surface area contributed by atoms with Crippen molar-refractivity contribution in [2.45, 2.75) is 12.5 Å². The van der Waals surface area contributed by atoms with Crippen molar-refractivity contribution in [1.82, 2.24) is 25.8 Å². The molecule has 2 saturated heterocycles. The van der Waals surface area contributed by atoms with Crippen molar-refractivity contribution in [3.63, 3.8) is 0 Å². The van der Waals surface area contributed by atoms with Crippen LogP contribution >= 0.6 is 0 Å². The third-order valence-corrected chi connectivity index (χ3v) is 3.71. The lowest BCUT2D eigenvalue weighted by molar-refractivity contribution is 0.155. The van der Waals surface area contributed by atoms with E-state index in [0.717, 1.165) is 58.8 Å². The van der Waals surface area contributed by atoms with Crippen molar-refractivity contribution in [2.24, 2.45) is 0 Å². The third-order valence-electron chi connectivity index (χ3n) is 3.71. The molecule has 18 heavy (non-hydrogen) atoms. The Labute approximate surface area is 109 Å². The highest BCUT2D eigenvalue weighted by molar-refractivity contribution is 5.74. The van der Waals surface area contributed by atoms with Crippen LogP contribution in [0.4, 0.5) is 4.79 Å². The van der Waals surface area contributed by atoms with Gasteiger partial charge in [0.2, 0.25) is 0 Å². The molecule has 0 aromatic heterocycles. The predicted molar refractivity (Wildman–Crippen MR) is 71.7 cm³/mol. The molecule has 104 valence electrons. The molecular formula is C12H25N5O. The fourth-order valence-electron chi connectivity index (χ4n) is 2.41. The van der Waals surface area contributed by atoms with Gasteiger partial charge in [0.05, 0.1) is 0 Å². The average molecular weight is 255 g/mol. The summed E-state index contributed by atoms with van der Waals surface area (Å²) in [6.07, 6.45) is 1.03. The summed E-state index contributed by atoms with van der Waals surface area (Å²) in [5, 5.41) is 9.15. The maximum atomic E-state index is 11.6. The normalized spacial score (nSPS) is 26.2. The highest BCUT2D eigenvalue weighted by Gasteiger charge is 2.17. The number of hydrogen-bond donors (Lipinski definition) is 3. The summed E-state index contributed by atoms with van der Waals surface area (Å²) < 4.78 is 0. The van der Waals surface area contributed by atoms with Crippen LogP contribution in [-0.2, 0) is 0 Å². The third kappa shape index (κ3) is 4.44. The Balaban J connectivity index is 1.53. The number of carbonyl (C=O) groups excluding carboxylic acids is 1. The highest BCUT2D eigenvalue weighted by atomic mass is 16.2. The van der Waals surface area contributed by atoms with Gasteiger partial charge in [-0.3, -0.25) is 4.90 Å². The van der Waals surface area contributed by atoms with Crippen LogP contribution in [0.2, 0.25) is 0 Å². The van der Waals surface area contributed by atoms with Crippen LogP contribution in [0.3, 0.4) is 0 Å². The van der Waals surface area contributed by atoms with E-state index in [9.17, 15) is 4.79 Å². The minimum Gasteiger partial charge on any atom is -0.337 e. The van der Waals surface area contributed by atoms with Crippen molar-refractivity contribution in [2.75, 3.05) is 59.4 Å². The fourth-order valence-corrected chi connectivity index (χ4v) is 2.41. The molecule has 0 aromatic carbocycles. The number of amides is 2. The largest absolute Gasteiger partial charge is 0.337 e. The van der Waals surface area contributed by atoms with Gasteiger partial charge in [-0.05, 0) is 20.0 Å². The second-order valence-corrected chi connectivity index (χ2v) is 5.23. The summed E-state index contributed by atoms with van der Waals surface area (Å²) in [5.74, 6) is 0. The van der Waals surface area contributed by atoms with Crippen LogP contribution in [0, 0.1) is 0 Å². The summed E-state index contributed by atoms with van der Waals surface area (Å²) in [6.45, 7) is 8.04. The van der Waals surface area contributed by atoms with Crippen molar-refractivity contribution < 1.29 is 4.79 Å². The van der Waals surface area contributed by atoms with E-state index in [1.807, 2.05) is 0 Å². The van der Waals surface area contributed by atoms with Crippen molar-refractivity contribution in [1.29, 1.82) is 0 Å². The van der Waals surface area contributed by atoms with E-state index >= 15 is 0 Å². The van der Waals surface area contributed by atoms with Crippen LogP contribution in [0.25, 0.3) is 0 Å². The Hall–Kier alpha value is -0.850. The first-order valence-electron chi connectivity index (χ1n) is 6.90. The number of nitrogens with zero attached hydrogens (tertiary/aromatic N) is 2. The molecule has 1 atom stereocenters. The molecule has 2 rings (SSSR count). The van der Waals surface area contributed by atoms with Gasteiger partial charge in [-0.25, -0.2) is 4.79 Å². The average Bonchev–Trinajstić information content (AvgIpc) is 2.84. The molecule has 6 heteroatoms. The second-order valence-electron chi connectivity index (χ2n) is 5.23. The number of urea groups is 1. The SMILES string of the molecule is CN1CCN(CCNC(=O)NC2CCNC2)CC1. The Morgan fingerprint density at radius 3 is 2.78 bits per heavy atom. The highest BCUT2D eigenvalue weighted by Crippen LogP contribution is 1.98. The van der Waals surface area contributed by atoms with Crippen molar-refractivity contribution in [3.05, 3.63) is 0 Å². The van der Waals surface area contributed by atoms with Crippen LogP contribution in [0.1, 0.15) is 6.42 Å². The molecule has 2 fully saturated rings. The fraction of sp³-hybridized carbons (Fsp3) is 0.917. The van der Waals surface area contributed by atoms with Crippen LogP contribution in [0.15, 0.2) is 0 Å². The van der Waals surface area contributed by atoms with Crippen LogP contribution in [-0.4, -0.2) is 81.3 Å². The maximum Gasteiger partial charge on any atom is 0.315 e. The maximum absolute atomic E-state index is 11.6. The standard InChI is InChI=1S/C12H25N5O/c1-16-6-8-17(9-7-16)5-4-14-12(18)15-11-2-3-13-10-11/h11,13H,2-10H2,1H3,(H2,14,15,18). The zero-order valence-electron chi connectivity index (χ0n) is 11.2. The van der Waals surface area contributed by atoms with E-state index in [4.69, 9.17) is 0 Å². The minimum atomic E-state index is -0.0298. The van der Waals surface area contributed by atoms with Gasteiger partial charge in [0.1, 0.15) is 0 Å². The summed E-state index contributed by atoms with van der Waals surface area (Å²) in [7, 11) is 2.15. The minimum absolute atomic E-state index is 0.0298. The quantitative estimate of drug-likeness (QED) is 0.596. The number of nitrogens with one attached hydrogen (secondary N) is 3. The lowest BCUT2D eigenvalue weighted by atomic mass is 10.3. The Morgan fingerprint density at radius 1 is 1.33 bits per heavy atom. The number of rotatable bonds is 4. The smallest absolute Gasteiger partial charge is 0.315 e. The van der Waals surface area contributed by atoms with E-state index in [2.05, 4.69) is 32.8 Å². The molecule has 0 bridgehead atoms. The molecule has 3 N–H and O–H groups in total. The molecule has 0 saturated carbocycles. The molecule has 0 spiro atoms. The molecule has 0 radical (unpaired) electrons. The zero-order valence-corrected chi connectivity index (χ0v) is 11.2. The van der Waals surface area contributed by atoms with Crippen LogP contribution in [0.5, 0.6) is 0 Å². The first-order chi connectivity index (χ1) is 8.74. The van der Waals surface area contributed by atoms with Gasteiger partial charge >= 0.3 is 6.03 Å². The van der Waals surface area contributed by atoms with E-state index in [0.29, 0.717) is 6.04 Å². The van der Waals surface area contributed by atoms with E-state index < -0.39 is 0 Å². The molecule has 0 aliphatic carbocycles. The van der Waals surface area contributed by atoms with E-state index in [1.54, 1.807) is 0 Å². The Kier molecular flexibility index (Phi) is 5.22. The zero-order chi connectivity index (χ0) is 12.8. The van der Waals surface area contributed by atoms with Gasteiger partial charge in [0.25, 0.3) is 0 Å². The molecule has 1 unspecified atom stereocenters. The molecule has 2 heterocycles. The number of likely N-dealkylation sites (N-methyl/N-ethyl adjacent to an activating group) is 1. The lowest BCUT2D eigenvalue weighted by Crippen LogP contribution is -2.49. The van der Waals surface area contributed by atoms with E-state index in [-0.39, 0.29) is 6.03 Å². The van der Waals surface area contributed by atoms with Gasteiger partial charge < -0.3 is 20.9 Å². The summed E-state index contributed by atoms with van der Waals surface area (Å²) in [5.41, 5.74) is 0. The second kappa shape index (κ2) is 6.92. The Bertz CT molecular complexity index is 259. The molecule has 2 amide bonds. The molecule has 2 aliphatic rings. The lowest BCUT2D eigenvalue weighted by Gasteiger charge is -2.32. The van der Waals surface area contributed by atoms with E-state index in [1.165, 1.54) is 0 Å². The van der Waals surface area contributed by atoms with Crippen LogP contribution < -0.4 is 16.0 Å². The van der Waals surface area contributed by atoms with Gasteiger partial charge in [-0.15, -0.1) is 0 Å².